The first-order valence-electron chi connectivity index (χ1n) is 6.99. The van der Waals surface area contributed by atoms with E-state index in [1.807, 2.05) is 0 Å². The molecule has 6 heteroatoms. The van der Waals surface area contributed by atoms with Crippen molar-refractivity contribution in [2.45, 2.75) is 25.9 Å². The average molecular weight is 287 g/mol. The highest BCUT2D eigenvalue weighted by molar-refractivity contribution is 5.40. The van der Waals surface area contributed by atoms with Gasteiger partial charge in [-0.25, -0.2) is 4.98 Å². The third-order valence-corrected chi connectivity index (χ3v) is 3.70. The van der Waals surface area contributed by atoms with Crippen LogP contribution in [0.5, 0.6) is 0 Å². The van der Waals surface area contributed by atoms with Crippen molar-refractivity contribution in [2.75, 3.05) is 31.1 Å². The number of aromatic nitrogens is 1. The second-order valence-electron chi connectivity index (χ2n) is 5.14. The third kappa shape index (κ3) is 3.85. The van der Waals surface area contributed by atoms with Crippen molar-refractivity contribution < 1.29 is 13.2 Å². The SMILES string of the molecule is CCNCC1CCN(c2ccc(C(F)(F)F)cn2)CC1. The number of anilines is 1. The molecule has 0 unspecified atom stereocenters. The number of halogens is 3. The van der Waals surface area contributed by atoms with E-state index in [4.69, 9.17) is 0 Å². The second kappa shape index (κ2) is 6.43. The van der Waals surface area contributed by atoms with Crippen molar-refractivity contribution >= 4 is 5.82 Å². The van der Waals surface area contributed by atoms with Gasteiger partial charge in [0.1, 0.15) is 5.82 Å². The summed E-state index contributed by atoms with van der Waals surface area (Å²) in [6, 6.07) is 2.57. The number of hydrogen-bond donors (Lipinski definition) is 1. The predicted molar refractivity (Wildman–Crippen MR) is 72.7 cm³/mol. The van der Waals surface area contributed by atoms with Gasteiger partial charge in [0.15, 0.2) is 0 Å². The molecule has 1 fully saturated rings. The normalized spacial score (nSPS) is 17.5. The smallest absolute Gasteiger partial charge is 0.357 e. The lowest BCUT2D eigenvalue weighted by atomic mass is 9.97. The van der Waals surface area contributed by atoms with Crippen LogP contribution in [0.1, 0.15) is 25.3 Å². The van der Waals surface area contributed by atoms with E-state index in [9.17, 15) is 13.2 Å². The van der Waals surface area contributed by atoms with Crippen LogP contribution in [-0.2, 0) is 6.18 Å². The molecule has 1 saturated heterocycles. The van der Waals surface area contributed by atoms with E-state index in [0.717, 1.165) is 51.3 Å². The highest BCUT2D eigenvalue weighted by Gasteiger charge is 2.31. The Morgan fingerprint density at radius 2 is 2.00 bits per heavy atom. The lowest BCUT2D eigenvalue weighted by molar-refractivity contribution is -0.137. The molecule has 3 nitrogen and oxygen atoms in total. The standard InChI is InChI=1S/C14H20F3N3/c1-2-18-9-11-5-7-20(8-6-11)13-4-3-12(10-19-13)14(15,16)17/h3-4,10-11,18H,2,5-9H2,1H3. The predicted octanol–water partition coefficient (Wildman–Crippen LogP) is 2.93. The maximum absolute atomic E-state index is 12.5. The zero-order valence-corrected chi connectivity index (χ0v) is 11.6. The lowest BCUT2D eigenvalue weighted by Crippen LogP contribution is -2.37. The van der Waals surface area contributed by atoms with E-state index >= 15 is 0 Å². The average Bonchev–Trinajstić information content (AvgIpc) is 2.45. The fourth-order valence-electron chi connectivity index (χ4n) is 2.46. The van der Waals surface area contributed by atoms with Gasteiger partial charge in [-0.3, -0.25) is 0 Å². The highest BCUT2D eigenvalue weighted by atomic mass is 19.4. The Kier molecular flexibility index (Phi) is 4.86. The number of piperidine rings is 1. The Morgan fingerprint density at radius 3 is 2.50 bits per heavy atom. The molecule has 0 amide bonds. The summed E-state index contributed by atoms with van der Waals surface area (Å²) in [6.07, 6.45) is -1.30. The van der Waals surface area contributed by atoms with E-state index in [-0.39, 0.29) is 0 Å². The minimum atomic E-state index is -4.32. The quantitative estimate of drug-likeness (QED) is 0.923. The molecule has 1 aliphatic rings. The zero-order chi connectivity index (χ0) is 14.6. The van der Waals surface area contributed by atoms with E-state index in [0.29, 0.717) is 11.7 Å². The molecule has 112 valence electrons. The number of alkyl halides is 3. The van der Waals surface area contributed by atoms with Gasteiger partial charge >= 0.3 is 6.18 Å². The number of rotatable bonds is 4. The van der Waals surface area contributed by atoms with Gasteiger partial charge < -0.3 is 10.2 Å². The van der Waals surface area contributed by atoms with Gasteiger partial charge in [-0.2, -0.15) is 13.2 Å². The number of pyridine rings is 1. The molecule has 0 aromatic carbocycles. The van der Waals surface area contributed by atoms with E-state index in [1.54, 1.807) is 0 Å². The first kappa shape index (κ1) is 15.1. The van der Waals surface area contributed by atoms with Crippen LogP contribution in [0.15, 0.2) is 18.3 Å². The number of nitrogens with zero attached hydrogens (tertiary/aromatic N) is 2. The first-order valence-corrected chi connectivity index (χ1v) is 6.99. The van der Waals surface area contributed by atoms with Crippen LogP contribution in [0.4, 0.5) is 19.0 Å². The Hall–Kier alpha value is -1.30. The summed E-state index contributed by atoms with van der Waals surface area (Å²) in [5.74, 6) is 1.29. The molecule has 0 bridgehead atoms. The van der Waals surface area contributed by atoms with Crippen molar-refractivity contribution in [3.05, 3.63) is 23.9 Å². The van der Waals surface area contributed by atoms with Gasteiger partial charge in [0.25, 0.3) is 0 Å². The maximum atomic E-state index is 12.5. The molecular weight excluding hydrogens is 267 g/mol. The summed E-state index contributed by atoms with van der Waals surface area (Å²) in [5, 5.41) is 3.34. The molecule has 0 saturated carbocycles. The number of nitrogens with one attached hydrogen (secondary N) is 1. The van der Waals surface area contributed by atoms with Crippen LogP contribution >= 0.6 is 0 Å². The summed E-state index contributed by atoms with van der Waals surface area (Å²) >= 11 is 0. The van der Waals surface area contributed by atoms with Gasteiger partial charge in [-0.15, -0.1) is 0 Å². The van der Waals surface area contributed by atoms with Crippen LogP contribution in [0.2, 0.25) is 0 Å². The summed E-state index contributed by atoms with van der Waals surface area (Å²) in [6.45, 7) is 5.79. The molecule has 1 aromatic heterocycles. The minimum absolute atomic E-state index is 0.639. The molecule has 1 aliphatic heterocycles. The first-order chi connectivity index (χ1) is 9.50. The van der Waals surface area contributed by atoms with Crippen LogP contribution < -0.4 is 10.2 Å². The molecule has 2 heterocycles. The zero-order valence-electron chi connectivity index (χ0n) is 11.6. The van der Waals surface area contributed by atoms with Gasteiger partial charge in [0.2, 0.25) is 0 Å². The second-order valence-corrected chi connectivity index (χ2v) is 5.14. The largest absolute Gasteiger partial charge is 0.417 e. The summed E-state index contributed by atoms with van der Waals surface area (Å²) in [7, 11) is 0. The van der Waals surface area contributed by atoms with Gasteiger partial charge in [0, 0.05) is 19.3 Å². The van der Waals surface area contributed by atoms with Crippen molar-refractivity contribution in [2.24, 2.45) is 5.92 Å². The van der Waals surface area contributed by atoms with Crippen LogP contribution in [0.3, 0.4) is 0 Å². The molecule has 0 radical (unpaired) electrons. The number of hydrogen-bond acceptors (Lipinski definition) is 3. The van der Waals surface area contributed by atoms with Crippen molar-refractivity contribution in [3.8, 4) is 0 Å². The Morgan fingerprint density at radius 1 is 1.30 bits per heavy atom. The summed E-state index contributed by atoms with van der Waals surface area (Å²) in [5.41, 5.74) is -0.691. The van der Waals surface area contributed by atoms with Crippen molar-refractivity contribution in [1.29, 1.82) is 0 Å². The Balaban J connectivity index is 1.90. The Bertz CT molecular complexity index is 409. The Labute approximate surface area is 117 Å². The molecule has 0 atom stereocenters. The molecule has 1 aromatic rings. The fourth-order valence-corrected chi connectivity index (χ4v) is 2.46. The van der Waals surface area contributed by atoms with E-state index in [2.05, 4.69) is 22.1 Å². The maximum Gasteiger partial charge on any atom is 0.417 e. The van der Waals surface area contributed by atoms with Gasteiger partial charge in [0.05, 0.1) is 5.56 Å². The van der Waals surface area contributed by atoms with Gasteiger partial charge in [-0.1, -0.05) is 6.92 Å². The van der Waals surface area contributed by atoms with Crippen molar-refractivity contribution in [1.82, 2.24) is 10.3 Å². The molecule has 2 rings (SSSR count). The fraction of sp³-hybridized carbons (Fsp3) is 0.643. The minimum Gasteiger partial charge on any atom is -0.357 e. The molecule has 0 aliphatic carbocycles. The lowest BCUT2D eigenvalue weighted by Gasteiger charge is -2.33. The summed E-state index contributed by atoms with van der Waals surface area (Å²) < 4.78 is 37.4. The molecule has 20 heavy (non-hydrogen) atoms. The highest BCUT2D eigenvalue weighted by Crippen LogP contribution is 2.30. The summed E-state index contributed by atoms with van der Waals surface area (Å²) in [4.78, 5) is 6.00. The van der Waals surface area contributed by atoms with Crippen LogP contribution in [0, 0.1) is 5.92 Å². The molecule has 1 N–H and O–H groups in total. The van der Waals surface area contributed by atoms with Crippen molar-refractivity contribution in [3.63, 3.8) is 0 Å². The monoisotopic (exact) mass is 287 g/mol. The van der Waals surface area contributed by atoms with Crippen LogP contribution in [-0.4, -0.2) is 31.2 Å². The van der Waals surface area contributed by atoms with E-state index < -0.39 is 11.7 Å². The van der Waals surface area contributed by atoms with E-state index in [1.165, 1.54) is 6.07 Å². The van der Waals surface area contributed by atoms with Crippen LogP contribution in [0.25, 0.3) is 0 Å². The van der Waals surface area contributed by atoms with Gasteiger partial charge in [-0.05, 0) is 44.0 Å². The third-order valence-electron chi connectivity index (χ3n) is 3.70. The molecule has 0 spiro atoms. The molecular formula is C14H20F3N3. The topological polar surface area (TPSA) is 28.2 Å².